The second-order valence-electron chi connectivity index (χ2n) is 12.2. The van der Waals surface area contributed by atoms with E-state index in [1.165, 1.54) is 11.1 Å². The first-order valence-electron chi connectivity index (χ1n) is 16.5. The molecule has 0 saturated carbocycles. The van der Waals surface area contributed by atoms with Gasteiger partial charge in [0.15, 0.2) is 11.5 Å². The third kappa shape index (κ3) is 17.4. The number of hydrogen-bond acceptors (Lipinski definition) is 11. The van der Waals surface area contributed by atoms with E-state index in [0.29, 0.717) is 58.5 Å². The average molecular weight is 673 g/mol. The zero-order valence-electron chi connectivity index (χ0n) is 29.6. The van der Waals surface area contributed by atoms with E-state index < -0.39 is 0 Å². The van der Waals surface area contributed by atoms with Crippen molar-refractivity contribution in [1.82, 2.24) is 10.6 Å². The number of benzene rings is 2. The van der Waals surface area contributed by atoms with Crippen LogP contribution < -0.4 is 24.8 Å². The van der Waals surface area contributed by atoms with E-state index in [4.69, 9.17) is 38.7 Å². The Morgan fingerprint density at radius 3 is 2.08 bits per heavy atom. The maximum absolute atomic E-state index is 11.9. The van der Waals surface area contributed by atoms with Gasteiger partial charge in [0.1, 0.15) is 24.7 Å². The van der Waals surface area contributed by atoms with Crippen LogP contribution in [-0.2, 0) is 36.6 Å². The smallest absolute Gasteiger partial charge is 0.246 e. The molecule has 0 aromatic heterocycles. The topological polar surface area (TPSA) is 142 Å². The number of nitrogens with one attached hydrogen (secondary N) is 3. The highest BCUT2D eigenvalue weighted by atomic mass is 16.6. The Hall–Kier alpha value is -3.71. The van der Waals surface area contributed by atoms with Crippen LogP contribution in [0.3, 0.4) is 0 Å². The third-order valence-corrected chi connectivity index (χ3v) is 7.49. The van der Waals surface area contributed by atoms with Crippen molar-refractivity contribution in [3.63, 3.8) is 0 Å². The molecule has 0 aliphatic carbocycles. The molecule has 268 valence electrons. The van der Waals surface area contributed by atoms with Gasteiger partial charge in [0, 0.05) is 18.8 Å². The van der Waals surface area contributed by atoms with E-state index >= 15 is 0 Å². The minimum absolute atomic E-state index is 0.00364. The molecule has 2 aromatic carbocycles. The van der Waals surface area contributed by atoms with Crippen LogP contribution in [0, 0.1) is 10.9 Å². The lowest BCUT2D eigenvalue weighted by Gasteiger charge is -2.28. The standard InChI is InChI=1S/C36H56N4O8/c1-28(36(2,3)4)39-35(41)27-47-22-21-46-20-19-45-18-17-44-16-15-38-25-31(40-37)26-48-32-12-8-11-29(23-32)9-7-10-30-13-14-33(42-5)34(24-30)43-6/h8,11-14,23-25,28,37-38H,7,9-10,15-22,26-27H2,1-6H3,(H,39,41)/b31-25-,40-37?. The molecule has 0 bridgehead atoms. The summed E-state index contributed by atoms with van der Waals surface area (Å²) in [5.74, 6) is 2.08. The van der Waals surface area contributed by atoms with Gasteiger partial charge in [-0.3, -0.25) is 4.79 Å². The Morgan fingerprint density at radius 2 is 1.46 bits per heavy atom. The van der Waals surface area contributed by atoms with Gasteiger partial charge in [-0.15, -0.1) is 0 Å². The van der Waals surface area contributed by atoms with Crippen molar-refractivity contribution in [3.8, 4) is 17.2 Å². The van der Waals surface area contributed by atoms with Crippen molar-refractivity contribution in [3.05, 3.63) is 65.5 Å². The van der Waals surface area contributed by atoms with Crippen LogP contribution in [0.25, 0.3) is 0 Å². The van der Waals surface area contributed by atoms with E-state index in [0.717, 1.165) is 36.5 Å². The predicted octanol–water partition coefficient (Wildman–Crippen LogP) is 5.34. The number of nitrogens with zero attached hydrogens (tertiary/aromatic N) is 1. The Kier molecular flexibility index (Phi) is 19.9. The molecule has 0 fully saturated rings. The highest BCUT2D eigenvalue weighted by Gasteiger charge is 2.21. The Morgan fingerprint density at radius 1 is 0.833 bits per heavy atom. The maximum Gasteiger partial charge on any atom is 0.246 e. The van der Waals surface area contributed by atoms with Crippen molar-refractivity contribution >= 4 is 5.91 Å². The summed E-state index contributed by atoms with van der Waals surface area (Å²) in [5.41, 5.74) is 10.3. The van der Waals surface area contributed by atoms with Gasteiger partial charge < -0.3 is 43.8 Å². The highest BCUT2D eigenvalue weighted by Crippen LogP contribution is 2.28. The van der Waals surface area contributed by atoms with E-state index in [1.807, 2.05) is 37.3 Å². The number of ether oxygens (including phenoxy) is 7. The van der Waals surface area contributed by atoms with Gasteiger partial charge in [0.2, 0.25) is 5.91 Å². The summed E-state index contributed by atoms with van der Waals surface area (Å²) in [6.07, 6.45) is 4.48. The second kappa shape index (κ2) is 23.6. The van der Waals surface area contributed by atoms with Gasteiger partial charge in [-0.2, -0.15) is 5.11 Å². The molecular weight excluding hydrogens is 616 g/mol. The van der Waals surface area contributed by atoms with Gasteiger partial charge in [-0.05, 0) is 67.0 Å². The minimum atomic E-state index is -0.124. The molecule has 1 atom stereocenters. The largest absolute Gasteiger partial charge is 0.493 e. The third-order valence-electron chi connectivity index (χ3n) is 7.49. The number of carbonyl (C=O) groups excluding carboxylic acids is 1. The van der Waals surface area contributed by atoms with Crippen LogP contribution in [0.15, 0.2) is 59.5 Å². The molecule has 48 heavy (non-hydrogen) atoms. The summed E-state index contributed by atoms with van der Waals surface area (Å²) in [4.78, 5) is 11.9. The molecule has 0 aliphatic rings. The molecular formula is C36H56N4O8. The van der Waals surface area contributed by atoms with Crippen LogP contribution in [-0.4, -0.2) is 92.2 Å². The maximum atomic E-state index is 11.9. The summed E-state index contributed by atoms with van der Waals surface area (Å²) < 4.78 is 38.5. The first-order valence-corrected chi connectivity index (χ1v) is 16.5. The lowest BCUT2D eigenvalue weighted by Crippen LogP contribution is -2.43. The molecule has 0 heterocycles. The Labute approximate surface area is 286 Å². The van der Waals surface area contributed by atoms with E-state index in [2.05, 4.69) is 48.7 Å². The Bertz CT molecular complexity index is 1230. The summed E-state index contributed by atoms with van der Waals surface area (Å²) >= 11 is 0. The van der Waals surface area contributed by atoms with Crippen molar-refractivity contribution in [2.75, 3.05) is 80.2 Å². The molecule has 2 aromatic rings. The number of rotatable bonds is 26. The molecule has 0 radical (unpaired) electrons. The molecule has 3 N–H and O–H groups in total. The molecule has 12 nitrogen and oxygen atoms in total. The molecule has 1 amide bonds. The number of hydrogen-bond donors (Lipinski definition) is 3. The first kappa shape index (κ1) is 40.5. The SMILES string of the molecule is COc1ccc(CCCc2cccc(OC/C(=C/NCCOCCOCCOCCOCC(=O)NC(C)C(C)(C)C)N=N)c2)cc1OC. The molecule has 0 saturated heterocycles. The summed E-state index contributed by atoms with van der Waals surface area (Å²) in [6, 6.07) is 14.1. The van der Waals surface area contributed by atoms with Crippen LogP contribution in [0.5, 0.6) is 17.2 Å². The van der Waals surface area contributed by atoms with Gasteiger partial charge in [-0.1, -0.05) is 39.0 Å². The lowest BCUT2D eigenvalue weighted by molar-refractivity contribution is -0.127. The molecule has 2 rings (SSSR count). The fraction of sp³-hybridized carbons (Fsp3) is 0.583. The zero-order valence-corrected chi connectivity index (χ0v) is 29.6. The van der Waals surface area contributed by atoms with E-state index in [9.17, 15) is 4.79 Å². The molecule has 0 aliphatic heterocycles. The second-order valence-corrected chi connectivity index (χ2v) is 12.2. The van der Waals surface area contributed by atoms with Crippen LogP contribution in [0.4, 0.5) is 0 Å². The lowest BCUT2D eigenvalue weighted by atomic mass is 9.88. The van der Waals surface area contributed by atoms with Crippen molar-refractivity contribution < 1.29 is 38.0 Å². The summed E-state index contributed by atoms with van der Waals surface area (Å²) in [6.45, 7) is 12.0. The van der Waals surface area contributed by atoms with Gasteiger partial charge in [0.05, 0.1) is 60.5 Å². The van der Waals surface area contributed by atoms with Crippen molar-refractivity contribution in [1.29, 1.82) is 5.53 Å². The number of methoxy groups -OCH3 is 2. The number of amides is 1. The van der Waals surface area contributed by atoms with Crippen molar-refractivity contribution in [2.24, 2.45) is 10.5 Å². The van der Waals surface area contributed by atoms with E-state index in [1.54, 1.807) is 20.4 Å². The summed E-state index contributed by atoms with van der Waals surface area (Å²) in [7, 11) is 3.28. The molecule has 0 spiro atoms. The molecule has 12 heteroatoms. The van der Waals surface area contributed by atoms with Gasteiger partial charge >= 0.3 is 0 Å². The zero-order chi connectivity index (χ0) is 35.0. The Balaban J connectivity index is 1.48. The average Bonchev–Trinajstić information content (AvgIpc) is 3.07. The minimum Gasteiger partial charge on any atom is -0.493 e. The normalized spacial score (nSPS) is 12.3. The number of carbonyl (C=O) groups is 1. The van der Waals surface area contributed by atoms with Gasteiger partial charge in [0.25, 0.3) is 0 Å². The number of aryl methyl sites for hydroxylation is 2. The van der Waals surface area contributed by atoms with Gasteiger partial charge in [-0.25, -0.2) is 5.53 Å². The fourth-order valence-corrected chi connectivity index (χ4v) is 4.23. The monoisotopic (exact) mass is 672 g/mol. The highest BCUT2D eigenvalue weighted by molar-refractivity contribution is 5.77. The molecule has 1 unspecified atom stereocenters. The van der Waals surface area contributed by atoms with Crippen LogP contribution in [0.1, 0.15) is 45.2 Å². The summed E-state index contributed by atoms with van der Waals surface area (Å²) in [5, 5.41) is 9.61. The van der Waals surface area contributed by atoms with Crippen LogP contribution >= 0.6 is 0 Å². The fourth-order valence-electron chi connectivity index (χ4n) is 4.23. The quantitative estimate of drug-likeness (QED) is 0.0892. The van der Waals surface area contributed by atoms with E-state index in [-0.39, 0.29) is 30.6 Å². The van der Waals surface area contributed by atoms with Crippen LogP contribution in [0.2, 0.25) is 0 Å². The predicted molar refractivity (Wildman–Crippen MR) is 185 cm³/mol. The first-order chi connectivity index (χ1) is 23.2. The van der Waals surface area contributed by atoms with Crippen molar-refractivity contribution in [2.45, 2.75) is 53.0 Å².